The third-order valence-electron chi connectivity index (χ3n) is 4.48. The highest BCUT2D eigenvalue weighted by Gasteiger charge is 2.16. The fraction of sp³-hybridized carbons (Fsp3) is 0.333. The molecule has 0 aliphatic carbocycles. The summed E-state index contributed by atoms with van der Waals surface area (Å²) < 4.78 is 3.76. The second-order valence-electron chi connectivity index (χ2n) is 6.29. The van der Waals surface area contributed by atoms with Crippen molar-refractivity contribution in [1.29, 1.82) is 0 Å². The van der Waals surface area contributed by atoms with Crippen molar-refractivity contribution in [3.05, 3.63) is 62.6 Å². The van der Waals surface area contributed by atoms with E-state index in [1.54, 1.807) is 11.6 Å². The number of carbonyl (C=O) groups is 1. The molecule has 0 bridgehead atoms. The van der Waals surface area contributed by atoms with Crippen LogP contribution in [0.3, 0.4) is 0 Å². The van der Waals surface area contributed by atoms with Gasteiger partial charge in [-0.25, -0.2) is 14.3 Å². The summed E-state index contributed by atoms with van der Waals surface area (Å²) in [4.78, 5) is 41.2. The normalized spacial score (nSPS) is 11.0. The average Bonchev–Trinajstić information content (AvgIpc) is 3.00. The van der Waals surface area contributed by atoms with Gasteiger partial charge in [-0.2, -0.15) is 0 Å². The van der Waals surface area contributed by atoms with Crippen molar-refractivity contribution in [1.82, 2.24) is 24.0 Å². The van der Waals surface area contributed by atoms with Crippen molar-refractivity contribution in [2.75, 3.05) is 6.54 Å². The van der Waals surface area contributed by atoms with E-state index in [9.17, 15) is 14.4 Å². The quantitative estimate of drug-likeness (QED) is 0.703. The lowest BCUT2D eigenvalue weighted by molar-refractivity contribution is -0.121. The van der Waals surface area contributed by atoms with Crippen molar-refractivity contribution in [2.24, 2.45) is 14.1 Å². The molecule has 3 rings (SSSR count). The van der Waals surface area contributed by atoms with Crippen LogP contribution in [0.4, 0.5) is 0 Å². The molecule has 0 spiro atoms. The van der Waals surface area contributed by atoms with Gasteiger partial charge in [-0.15, -0.1) is 0 Å². The summed E-state index contributed by atoms with van der Waals surface area (Å²) in [6.07, 6.45) is 2.16. The number of imidazole rings is 1. The van der Waals surface area contributed by atoms with Gasteiger partial charge in [0.2, 0.25) is 5.91 Å². The fourth-order valence-electron chi connectivity index (χ4n) is 2.96. The zero-order chi connectivity index (χ0) is 18.8. The van der Waals surface area contributed by atoms with E-state index in [2.05, 4.69) is 10.3 Å². The van der Waals surface area contributed by atoms with Gasteiger partial charge in [0.05, 0.1) is 6.33 Å². The molecule has 1 amide bonds. The number of hydrogen-bond donors (Lipinski definition) is 1. The smallest absolute Gasteiger partial charge is 0.332 e. The Hall–Kier alpha value is -3.16. The minimum absolute atomic E-state index is 0.291. The zero-order valence-corrected chi connectivity index (χ0v) is 15.0. The van der Waals surface area contributed by atoms with E-state index in [-0.39, 0.29) is 12.5 Å². The number of carbonyl (C=O) groups excluding carboxylic acids is 1. The van der Waals surface area contributed by atoms with Gasteiger partial charge >= 0.3 is 5.69 Å². The molecular weight excluding hydrogens is 334 g/mol. The zero-order valence-electron chi connectivity index (χ0n) is 15.0. The van der Waals surface area contributed by atoms with Crippen LogP contribution >= 0.6 is 0 Å². The largest absolute Gasteiger partial charge is 0.354 e. The Morgan fingerprint density at radius 3 is 2.65 bits per heavy atom. The maximum Gasteiger partial charge on any atom is 0.332 e. The van der Waals surface area contributed by atoms with E-state index < -0.39 is 11.2 Å². The highest BCUT2D eigenvalue weighted by Crippen LogP contribution is 2.07. The number of hydrogen-bond acceptors (Lipinski definition) is 4. The van der Waals surface area contributed by atoms with Gasteiger partial charge in [-0.1, -0.05) is 24.3 Å². The molecule has 0 unspecified atom stereocenters. The van der Waals surface area contributed by atoms with E-state index in [4.69, 9.17) is 0 Å². The number of benzene rings is 1. The molecule has 0 fully saturated rings. The van der Waals surface area contributed by atoms with Gasteiger partial charge in [0.25, 0.3) is 5.56 Å². The number of aromatic nitrogens is 4. The summed E-state index contributed by atoms with van der Waals surface area (Å²) >= 11 is 0. The number of fused-ring (bicyclic) bond motifs is 1. The molecule has 3 aromatic rings. The van der Waals surface area contributed by atoms with Crippen LogP contribution < -0.4 is 16.6 Å². The second kappa shape index (κ2) is 6.99. The van der Waals surface area contributed by atoms with E-state index >= 15 is 0 Å². The number of rotatable bonds is 5. The topological polar surface area (TPSA) is 90.9 Å². The fourth-order valence-corrected chi connectivity index (χ4v) is 2.96. The first-order chi connectivity index (χ1) is 12.4. The number of nitrogens with zero attached hydrogens (tertiary/aromatic N) is 4. The van der Waals surface area contributed by atoms with Crippen LogP contribution in [0.1, 0.15) is 11.1 Å². The summed E-state index contributed by atoms with van der Waals surface area (Å²) in [6, 6.07) is 7.95. The van der Waals surface area contributed by atoms with Gasteiger partial charge in [0.1, 0.15) is 6.54 Å². The third-order valence-corrected chi connectivity index (χ3v) is 4.48. The van der Waals surface area contributed by atoms with Gasteiger partial charge in [0.15, 0.2) is 11.2 Å². The Labute approximate surface area is 149 Å². The van der Waals surface area contributed by atoms with Crippen molar-refractivity contribution < 1.29 is 4.79 Å². The highest BCUT2D eigenvalue weighted by molar-refractivity contribution is 5.76. The summed E-state index contributed by atoms with van der Waals surface area (Å²) in [5.74, 6) is -0.376. The average molecular weight is 355 g/mol. The van der Waals surface area contributed by atoms with Crippen molar-refractivity contribution in [3.8, 4) is 0 Å². The Balaban J connectivity index is 1.76. The standard InChI is InChI=1S/C18H21N5O3/c1-12-6-4-5-7-13(12)8-9-19-14(24)10-23-17(25)15-16(20-11-21(15)2)22(3)18(23)26/h4-7,11H,8-10H2,1-3H3,(H,19,24). The molecule has 1 aromatic carbocycles. The van der Waals surface area contributed by atoms with Crippen molar-refractivity contribution in [3.63, 3.8) is 0 Å². The predicted octanol–water partition coefficient (Wildman–Crippen LogP) is 0.101. The Morgan fingerprint density at radius 2 is 1.92 bits per heavy atom. The molecule has 2 aromatic heterocycles. The van der Waals surface area contributed by atoms with Crippen LogP contribution in [-0.2, 0) is 31.9 Å². The summed E-state index contributed by atoms with van der Waals surface area (Å²) in [6.45, 7) is 2.14. The minimum Gasteiger partial charge on any atom is -0.354 e. The molecule has 136 valence electrons. The molecule has 8 nitrogen and oxygen atoms in total. The summed E-state index contributed by atoms with van der Waals surface area (Å²) in [5.41, 5.74) is 1.83. The van der Waals surface area contributed by atoms with E-state index in [1.165, 1.54) is 17.9 Å². The summed E-state index contributed by atoms with van der Waals surface area (Å²) in [5, 5.41) is 2.77. The molecule has 0 saturated heterocycles. The molecule has 0 atom stereocenters. The second-order valence-corrected chi connectivity index (χ2v) is 6.29. The summed E-state index contributed by atoms with van der Waals surface area (Å²) in [7, 11) is 3.21. The first-order valence-electron chi connectivity index (χ1n) is 8.32. The monoisotopic (exact) mass is 355 g/mol. The van der Waals surface area contributed by atoms with E-state index in [1.807, 2.05) is 31.2 Å². The van der Waals surface area contributed by atoms with Gasteiger partial charge in [0, 0.05) is 20.6 Å². The lowest BCUT2D eigenvalue weighted by Gasteiger charge is -2.10. The van der Waals surface area contributed by atoms with E-state index in [0.29, 0.717) is 24.1 Å². The number of aryl methyl sites for hydroxylation is 3. The van der Waals surface area contributed by atoms with Crippen LogP contribution in [0.2, 0.25) is 0 Å². The molecule has 2 heterocycles. The number of amides is 1. The molecular formula is C18H21N5O3. The van der Waals surface area contributed by atoms with Crippen LogP contribution in [0.25, 0.3) is 11.2 Å². The molecule has 0 radical (unpaired) electrons. The third kappa shape index (κ3) is 3.17. The van der Waals surface area contributed by atoms with Gasteiger partial charge < -0.3 is 9.88 Å². The lowest BCUT2D eigenvalue weighted by Crippen LogP contribution is -2.43. The molecule has 8 heteroatoms. The molecule has 0 aliphatic rings. The van der Waals surface area contributed by atoms with Crippen molar-refractivity contribution in [2.45, 2.75) is 19.9 Å². The maximum atomic E-state index is 12.6. The molecule has 0 aliphatic heterocycles. The molecule has 0 saturated carbocycles. The number of nitrogens with one attached hydrogen (secondary N) is 1. The Kier molecular flexibility index (Phi) is 4.75. The van der Waals surface area contributed by atoms with Crippen LogP contribution in [-0.4, -0.2) is 31.1 Å². The highest BCUT2D eigenvalue weighted by atomic mass is 16.2. The Morgan fingerprint density at radius 1 is 1.19 bits per heavy atom. The predicted molar refractivity (Wildman–Crippen MR) is 98.1 cm³/mol. The molecule has 1 N–H and O–H groups in total. The maximum absolute atomic E-state index is 12.6. The molecule has 26 heavy (non-hydrogen) atoms. The SMILES string of the molecule is Cc1ccccc1CCNC(=O)Cn1c(=O)c2c(ncn2C)n(C)c1=O. The van der Waals surface area contributed by atoms with Crippen LogP contribution in [0.5, 0.6) is 0 Å². The van der Waals surface area contributed by atoms with Gasteiger partial charge in [-0.3, -0.25) is 14.2 Å². The Bertz CT molecular complexity index is 1090. The first kappa shape index (κ1) is 17.7. The van der Waals surface area contributed by atoms with Crippen molar-refractivity contribution >= 4 is 17.1 Å². The van der Waals surface area contributed by atoms with Crippen LogP contribution in [0, 0.1) is 6.92 Å². The van der Waals surface area contributed by atoms with E-state index in [0.717, 1.165) is 15.7 Å². The first-order valence-corrected chi connectivity index (χ1v) is 8.32. The van der Waals surface area contributed by atoms with Gasteiger partial charge in [-0.05, 0) is 24.5 Å². The lowest BCUT2D eigenvalue weighted by atomic mass is 10.1. The van der Waals surface area contributed by atoms with Crippen LogP contribution in [0.15, 0.2) is 40.2 Å². The minimum atomic E-state index is -0.560.